The van der Waals surface area contributed by atoms with E-state index in [4.69, 9.17) is 45.1 Å². The summed E-state index contributed by atoms with van der Waals surface area (Å²) in [6.07, 6.45) is 2.31. The minimum Gasteiger partial charge on any atom is -0.375 e. The Morgan fingerprint density at radius 1 is 1.36 bits per heavy atom. The van der Waals surface area contributed by atoms with E-state index in [1.54, 1.807) is 24.9 Å². The van der Waals surface area contributed by atoms with Crippen molar-refractivity contribution in [3.63, 3.8) is 0 Å². The predicted molar refractivity (Wildman–Crippen MR) is 126 cm³/mol. The normalized spacial score (nSPS) is 36.6. The Morgan fingerprint density at radius 2 is 2.14 bits per heavy atom. The van der Waals surface area contributed by atoms with Crippen molar-refractivity contribution in [2.45, 2.75) is 69.3 Å². The molecule has 3 saturated heterocycles. The number of nitrogens with zero attached hydrogens (tertiary/aromatic N) is 1. The Balaban J connectivity index is 1.28. The van der Waals surface area contributed by atoms with Gasteiger partial charge in [0, 0.05) is 18.8 Å². The molecule has 7 atom stereocenters. The van der Waals surface area contributed by atoms with Crippen LogP contribution in [0.1, 0.15) is 38.4 Å². The topological polar surface area (TPSA) is 122 Å². The van der Waals surface area contributed by atoms with E-state index >= 15 is 0 Å². The zero-order chi connectivity index (χ0) is 25.7. The van der Waals surface area contributed by atoms with Crippen LogP contribution in [0.25, 0.3) is 0 Å². The van der Waals surface area contributed by atoms with E-state index in [1.165, 1.54) is 18.2 Å². The molecule has 36 heavy (non-hydrogen) atoms. The van der Waals surface area contributed by atoms with E-state index in [1.807, 2.05) is 12.3 Å². The van der Waals surface area contributed by atoms with E-state index in [2.05, 4.69) is 0 Å². The number of aliphatic hydroxyl groups is 1. The Bertz CT molecular complexity index is 1100. The van der Waals surface area contributed by atoms with Crippen LogP contribution in [-0.2, 0) is 32.3 Å². The quantitative estimate of drug-likeness (QED) is 0.403. The second kappa shape index (κ2) is 10.1. The van der Waals surface area contributed by atoms with Crippen LogP contribution in [0, 0.1) is 5.82 Å². The smallest absolute Gasteiger partial charge is 0.375 e. The Labute approximate surface area is 213 Å². The third-order valence-corrected chi connectivity index (χ3v) is 8.11. The lowest BCUT2D eigenvalue weighted by Crippen LogP contribution is -2.40. The first-order valence-corrected chi connectivity index (χ1v) is 13.5. The molecule has 1 aromatic rings. The maximum absolute atomic E-state index is 13.6. The highest BCUT2D eigenvalue weighted by Gasteiger charge is 2.57. The number of allylic oxidation sites excluding steroid dienone is 1. The van der Waals surface area contributed by atoms with Gasteiger partial charge in [-0.15, -0.1) is 0 Å². The third-order valence-electron chi connectivity index (χ3n) is 6.34. The number of phosphoric ester groups is 1. The highest BCUT2D eigenvalue weighted by atomic mass is 35.5. The molecule has 3 fully saturated rings. The number of hydrogen-bond acceptors (Lipinski definition) is 10. The molecule has 0 aliphatic carbocycles. The van der Waals surface area contributed by atoms with Gasteiger partial charge in [0.15, 0.2) is 12.0 Å². The van der Waals surface area contributed by atoms with Crippen LogP contribution in [0.2, 0.25) is 5.02 Å². The van der Waals surface area contributed by atoms with Crippen molar-refractivity contribution < 1.29 is 41.8 Å². The lowest BCUT2D eigenvalue weighted by atomic mass is 10.1. The van der Waals surface area contributed by atoms with Gasteiger partial charge in [-0.25, -0.2) is 8.96 Å². The van der Waals surface area contributed by atoms with Crippen LogP contribution >= 0.6 is 19.4 Å². The standard InChI is InChI=1S/C23H29ClFN2O8P/c1-23(2)33-19-18(32-22(20(19)34-23)27-8-3-4-14(11-27)21(26)28)12-31-36(29)30-9-7-17(35-36)13-5-6-16(25)15(24)10-13/h3,5-6,8,10-11,17-22,28H,4,7,9,12,26H2,1-2H3/t17?,18?,19-,20-,21+,22-,36?/m1/s1. The fraction of sp³-hybridized carbons (Fsp3) is 0.565. The summed E-state index contributed by atoms with van der Waals surface area (Å²) in [7, 11) is -3.96. The molecule has 0 spiro atoms. The number of rotatable bonds is 6. The number of halogens is 2. The molecular weight excluding hydrogens is 518 g/mol. The predicted octanol–water partition coefficient (Wildman–Crippen LogP) is 3.71. The van der Waals surface area contributed by atoms with E-state index in [9.17, 15) is 14.1 Å². The summed E-state index contributed by atoms with van der Waals surface area (Å²) in [6.45, 7) is 3.56. The molecule has 4 aliphatic rings. The Morgan fingerprint density at radius 3 is 2.89 bits per heavy atom. The van der Waals surface area contributed by atoms with E-state index < -0.39 is 56.3 Å². The zero-order valence-corrected chi connectivity index (χ0v) is 21.4. The first kappa shape index (κ1) is 26.2. The monoisotopic (exact) mass is 546 g/mol. The van der Waals surface area contributed by atoms with Gasteiger partial charge in [0.25, 0.3) is 0 Å². The third kappa shape index (κ3) is 5.42. The molecule has 0 bridgehead atoms. The molecule has 4 heterocycles. The van der Waals surface area contributed by atoms with E-state index in [0.717, 1.165) is 0 Å². The van der Waals surface area contributed by atoms with Crippen molar-refractivity contribution >= 4 is 19.4 Å². The SMILES string of the molecule is CC1(C)O[C@@H]2[C@H](O1)C(COP1(=O)OCCC(c3ccc(F)c(Cl)c3)O1)O[C@H]2N1C=CCC([C@@H](N)O)=C1. The minimum atomic E-state index is -3.96. The van der Waals surface area contributed by atoms with Crippen LogP contribution in [0.3, 0.4) is 0 Å². The van der Waals surface area contributed by atoms with Gasteiger partial charge in [-0.2, -0.15) is 0 Å². The molecule has 5 rings (SSSR count). The second-order valence-electron chi connectivity index (χ2n) is 9.45. The Hall–Kier alpha value is -1.37. The van der Waals surface area contributed by atoms with Gasteiger partial charge in [-0.3, -0.25) is 13.6 Å². The molecule has 1 aromatic carbocycles. The highest BCUT2D eigenvalue weighted by Crippen LogP contribution is 2.57. The molecular formula is C23H29ClFN2O8P. The van der Waals surface area contributed by atoms with Crippen molar-refractivity contribution in [2.75, 3.05) is 13.2 Å². The lowest BCUT2D eigenvalue weighted by molar-refractivity contribution is -0.201. The van der Waals surface area contributed by atoms with Crippen molar-refractivity contribution in [3.8, 4) is 0 Å². The zero-order valence-electron chi connectivity index (χ0n) is 19.8. The maximum Gasteiger partial charge on any atom is 0.475 e. The van der Waals surface area contributed by atoms with Gasteiger partial charge < -0.3 is 30.0 Å². The molecule has 3 N–H and O–H groups in total. The van der Waals surface area contributed by atoms with Crippen LogP contribution in [0.4, 0.5) is 4.39 Å². The van der Waals surface area contributed by atoms with Gasteiger partial charge in [0.1, 0.15) is 30.4 Å². The van der Waals surface area contributed by atoms with Crippen LogP contribution in [0.15, 0.2) is 42.2 Å². The fourth-order valence-electron chi connectivity index (χ4n) is 4.67. The number of fused-ring (bicyclic) bond motifs is 1. The van der Waals surface area contributed by atoms with E-state index in [0.29, 0.717) is 24.0 Å². The van der Waals surface area contributed by atoms with Gasteiger partial charge in [-0.05, 0) is 43.5 Å². The number of aliphatic hydroxyl groups excluding tert-OH is 1. The summed E-state index contributed by atoms with van der Waals surface area (Å²) >= 11 is 5.89. The maximum atomic E-state index is 13.6. The average Bonchev–Trinajstić information content (AvgIpc) is 3.32. The Kier molecular flexibility index (Phi) is 7.34. The van der Waals surface area contributed by atoms with Crippen molar-refractivity contribution in [1.29, 1.82) is 0 Å². The summed E-state index contributed by atoms with van der Waals surface area (Å²) in [4.78, 5) is 1.77. The number of benzene rings is 1. The van der Waals surface area contributed by atoms with Gasteiger partial charge in [-0.1, -0.05) is 23.7 Å². The molecule has 0 amide bonds. The van der Waals surface area contributed by atoms with Gasteiger partial charge in [0.2, 0.25) is 0 Å². The van der Waals surface area contributed by atoms with Gasteiger partial charge in [0.05, 0.1) is 24.3 Å². The molecule has 4 aliphatic heterocycles. The largest absolute Gasteiger partial charge is 0.475 e. The molecule has 13 heteroatoms. The van der Waals surface area contributed by atoms with Crippen molar-refractivity contribution in [1.82, 2.24) is 4.90 Å². The molecule has 10 nitrogen and oxygen atoms in total. The second-order valence-corrected chi connectivity index (χ2v) is 11.5. The molecule has 3 unspecified atom stereocenters. The molecule has 198 valence electrons. The van der Waals surface area contributed by atoms with Crippen LogP contribution < -0.4 is 5.73 Å². The lowest BCUT2D eigenvalue weighted by Gasteiger charge is -2.32. The number of phosphoric acid groups is 1. The summed E-state index contributed by atoms with van der Waals surface area (Å²) in [5.74, 6) is -1.42. The summed E-state index contributed by atoms with van der Waals surface area (Å²) in [5.41, 5.74) is 6.84. The highest BCUT2D eigenvalue weighted by molar-refractivity contribution is 7.48. The van der Waals surface area contributed by atoms with Crippen LogP contribution in [-0.4, -0.2) is 59.8 Å². The molecule has 0 aromatic heterocycles. The number of nitrogens with two attached hydrogens (primary N) is 1. The summed E-state index contributed by atoms with van der Waals surface area (Å²) in [6, 6.07) is 4.19. The van der Waals surface area contributed by atoms with Gasteiger partial charge >= 0.3 is 7.82 Å². The van der Waals surface area contributed by atoms with Crippen LogP contribution in [0.5, 0.6) is 0 Å². The summed E-state index contributed by atoms with van der Waals surface area (Å²) in [5, 5.41) is 9.74. The minimum absolute atomic E-state index is 0.0538. The number of ether oxygens (including phenoxy) is 3. The first-order valence-electron chi connectivity index (χ1n) is 11.7. The number of hydrogen-bond donors (Lipinski definition) is 2. The molecule has 0 radical (unpaired) electrons. The van der Waals surface area contributed by atoms with E-state index in [-0.39, 0.29) is 18.2 Å². The fourth-order valence-corrected chi connectivity index (χ4v) is 6.25. The average molecular weight is 547 g/mol. The molecule has 0 saturated carbocycles. The first-order chi connectivity index (χ1) is 17.0. The summed E-state index contributed by atoms with van der Waals surface area (Å²) < 4.78 is 61.9. The van der Waals surface area contributed by atoms with Crippen molar-refractivity contribution in [3.05, 3.63) is 58.7 Å². The van der Waals surface area contributed by atoms with Crippen molar-refractivity contribution in [2.24, 2.45) is 5.73 Å².